The van der Waals surface area contributed by atoms with Gasteiger partial charge in [0.15, 0.2) is 0 Å². The van der Waals surface area contributed by atoms with Crippen molar-refractivity contribution in [2.24, 2.45) is 11.5 Å². The van der Waals surface area contributed by atoms with E-state index >= 15 is 0 Å². The van der Waals surface area contributed by atoms with Gasteiger partial charge in [-0.3, -0.25) is 28.8 Å². The van der Waals surface area contributed by atoms with Gasteiger partial charge in [-0.15, -0.1) is 0 Å². The number of nitrogens with one attached hydrogen (secondary N) is 4. The molecule has 37 heavy (non-hydrogen) atoms. The van der Waals surface area contributed by atoms with Crippen molar-refractivity contribution >= 4 is 41.5 Å². The number of imidazole rings is 1. The molecule has 4 atom stereocenters. The molecule has 0 aromatic carbocycles. The van der Waals surface area contributed by atoms with Crippen molar-refractivity contribution in [3.8, 4) is 0 Å². The average molecular weight is 527 g/mol. The highest BCUT2D eigenvalue weighted by Gasteiger charge is 2.31. The summed E-state index contributed by atoms with van der Waals surface area (Å²) in [7, 11) is 0. The van der Waals surface area contributed by atoms with E-state index in [-0.39, 0.29) is 19.3 Å². The number of hydrogen-bond acceptors (Lipinski definition) is 9. The molecule has 0 bridgehead atoms. The number of aromatic nitrogens is 2. The summed E-state index contributed by atoms with van der Waals surface area (Å²) in [6.45, 7) is 0. The number of nitrogens with two attached hydrogens (primary N) is 2. The first-order chi connectivity index (χ1) is 17.3. The molecule has 17 nitrogen and oxygen atoms in total. The minimum atomic E-state index is -1.81. The molecule has 0 saturated carbocycles. The lowest BCUT2D eigenvalue weighted by atomic mass is 10.1. The number of nitrogens with zero attached hydrogens (tertiary/aromatic N) is 1. The molecule has 0 radical (unpaired) electrons. The number of carbonyl (C=O) groups is 7. The molecule has 1 aromatic rings. The molecule has 0 fully saturated rings. The molecular weight excluding hydrogens is 498 g/mol. The summed E-state index contributed by atoms with van der Waals surface area (Å²) in [5, 5.41) is 33.7. The van der Waals surface area contributed by atoms with E-state index in [9.17, 15) is 38.7 Å². The third-order valence-corrected chi connectivity index (χ3v) is 4.92. The number of amides is 4. The van der Waals surface area contributed by atoms with Crippen LogP contribution in [-0.2, 0) is 40.0 Å². The minimum Gasteiger partial charge on any atom is -0.481 e. The Morgan fingerprint density at radius 3 is 1.95 bits per heavy atom. The van der Waals surface area contributed by atoms with E-state index in [1.165, 1.54) is 12.5 Å². The molecule has 0 aliphatic heterocycles. The lowest BCUT2D eigenvalue weighted by Gasteiger charge is -2.24. The fourth-order valence-electron chi connectivity index (χ4n) is 2.99. The maximum Gasteiger partial charge on any atom is 0.326 e. The minimum absolute atomic E-state index is 0.139. The average Bonchev–Trinajstić information content (AvgIpc) is 3.31. The highest BCUT2D eigenvalue weighted by atomic mass is 16.4. The van der Waals surface area contributed by atoms with Crippen molar-refractivity contribution in [1.29, 1.82) is 0 Å². The topological polar surface area (TPSA) is 297 Å². The van der Waals surface area contributed by atoms with Crippen LogP contribution in [0.3, 0.4) is 0 Å². The zero-order valence-electron chi connectivity index (χ0n) is 19.5. The van der Waals surface area contributed by atoms with Gasteiger partial charge in [-0.1, -0.05) is 0 Å². The van der Waals surface area contributed by atoms with E-state index in [4.69, 9.17) is 21.7 Å². The second kappa shape index (κ2) is 14.8. The third-order valence-electron chi connectivity index (χ3n) is 4.92. The fourth-order valence-corrected chi connectivity index (χ4v) is 2.99. The number of carboxylic acids is 3. The largest absolute Gasteiger partial charge is 0.481 e. The summed E-state index contributed by atoms with van der Waals surface area (Å²) in [6, 6.07) is -6.01. The zero-order valence-corrected chi connectivity index (χ0v) is 19.5. The molecule has 0 aliphatic rings. The highest BCUT2D eigenvalue weighted by molar-refractivity contribution is 5.95. The van der Waals surface area contributed by atoms with E-state index in [0.717, 1.165) is 0 Å². The molecule has 0 spiro atoms. The Morgan fingerprint density at radius 1 is 0.838 bits per heavy atom. The molecular formula is C20H29N7O10. The van der Waals surface area contributed by atoms with Gasteiger partial charge in [0.05, 0.1) is 18.8 Å². The number of rotatable bonds is 17. The molecule has 0 aliphatic carbocycles. The first-order valence-electron chi connectivity index (χ1n) is 10.9. The van der Waals surface area contributed by atoms with Crippen LogP contribution in [-0.4, -0.2) is 91.0 Å². The number of aromatic amines is 1. The van der Waals surface area contributed by atoms with E-state index < -0.39 is 85.0 Å². The van der Waals surface area contributed by atoms with Crippen LogP contribution in [0.25, 0.3) is 0 Å². The van der Waals surface area contributed by atoms with Gasteiger partial charge in [-0.2, -0.15) is 0 Å². The van der Waals surface area contributed by atoms with Gasteiger partial charge < -0.3 is 47.7 Å². The van der Waals surface area contributed by atoms with Crippen molar-refractivity contribution < 1.29 is 48.9 Å². The standard InChI is InChI=1S/C20H29N7O10/c21-10(1-3-14(22)28)17(33)25-11(2-4-15(29)30)18(34)26-12(5-9-7-23-8-24-9)19(35)27-13(20(36)37)6-16(31)32/h7-8,10-13H,1-6,21H2,(H2,22,28)(H,23,24)(H,25,33)(H,26,34)(H,27,35)(H,29,30)(H,31,32)(H,36,37). The summed E-state index contributed by atoms with van der Waals surface area (Å²) < 4.78 is 0. The number of aliphatic carboxylic acids is 3. The monoisotopic (exact) mass is 527 g/mol. The molecule has 17 heteroatoms. The van der Waals surface area contributed by atoms with E-state index in [1.807, 2.05) is 5.32 Å². The van der Waals surface area contributed by atoms with Crippen molar-refractivity contribution in [3.05, 3.63) is 18.2 Å². The van der Waals surface area contributed by atoms with Gasteiger partial charge in [0.25, 0.3) is 0 Å². The van der Waals surface area contributed by atoms with Crippen LogP contribution in [0.2, 0.25) is 0 Å². The third kappa shape index (κ3) is 11.6. The van der Waals surface area contributed by atoms with Crippen molar-refractivity contribution in [2.45, 2.75) is 62.7 Å². The van der Waals surface area contributed by atoms with Crippen LogP contribution in [0.15, 0.2) is 12.5 Å². The molecule has 0 saturated heterocycles. The normalized spacial score (nSPS) is 13.9. The SMILES string of the molecule is NC(=O)CCC(N)C(=O)NC(CCC(=O)O)C(=O)NC(Cc1cnc[nH]1)C(=O)NC(CC(=O)O)C(=O)O. The van der Waals surface area contributed by atoms with Crippen LogP contribution < -0.4 is 27.4 Å². The van der Waals surface area contributed by atoms with Gasteiger partial charge in [0.1, 0.15) is 18.1 Å². The molecule has 4 amide bonds. The molecule has 1 aromatic heterocycles. The lowest BCUT2D eigenvalue weighted by Crippen LogP contribution is -2.57. The van der Waals surface area contributed by atoms with Crippen molar-refractivity contribution in [1.82, 2.24) is 25.9 Å². The van der Waals surface area contributed by atoms with Gasteiger partial charge in [0.2, 0.25) is 23.6 Å². The summed E-state index contributed by atoms with van der Waals surface area (Å²) in [4.78, 5) is 88.9. The molecule has 1 rings (SSSR count). The second-order valence-electron chi connectivity index (χ2n) is 7.94. The fraction of sp³-hybridized carbons (Fsp3) is 0.500. The predicted molar refractivity (Wildman–Crippen MR) is 121 cm³/mol. The summed E-state index contributed by atoms with van der Waals surface area (Å²) in [5.74, 6) is -8.05. The molecule has 4 unspecified atom stereocenters. The summed E-state index contributed by atoms with van der Waals surface area (Å²) in [6.07, 6.45) is 0.116. The van der Waals surface area contributed by atoms with E-state index in [1.54, 1.807) is 0 Å². The van der Waals surface area contributed by atoms with Crippen LogP contribution in [0.4, 0.5) is 0 Å². The second-order valence-corrected chi connectivity index (χ2v) is 7.94. The molecule has 1 heterocycles. The number of carbonyl (C=O) groups excluding carboxylic acids is 4. The van der Waals surface area contributed by atoms with Crippen molar-refractivity contribution in [2.75, 3.05) is 0 Å². The van der Waals surface area contributed by atoms with Gasteiger partial charge >= 0.3 is 17.9 Å². The first-order valence-corrected chi connectivity index (χ1v) is 10.9. The Morgan fingerprint density at radius 2 is 1.43 bits per heavy atom. The predicted octanol–water partition coefficient (Wildman–Crippen LogP) is -3.58. The van der Waals surface area contributed by atoms with Crippen LogP contribution in [0.1, 0.15) is 37.8 Å². The smallest absolute Gasteiger partial charge is 0.326 e. The number of primary amides is 1. The van der Waals surface area contributed by atoms with Crippen molar-refractivity contribution in [3.63, 3.8) is 0 Å². The number of hydrogen-bond donors (Lipinski definition) is 9. The molecule has 204 valence electrons. The van der Waals surface area contributed by atoms with Gasteiger partial charge in [-0.05, 0) is 12.8 Å². The molecule has 11 N–H and O–H groups in total. The summed E-state index contributed by atoms with van der Waals surface area (Å²) >= 11 is 0. The first kappa shape index (κ1) is 30.5. The Kier molecular flexibility index (Phi) is 12.2. The zero-order chi connectivity index (χ0) is 28.1. The van der Waals surface area contributed by atoms with Crippen LogP contribution in [0, 0.1) is 0 Å². The summed E-state index contributed by atoms with van der Waals surface area (Å²) in [5.41, 5.74) is 11.0. The van der Waals surface area contributed by atoms with Crippen LogP contribution >= 0.6 is 0 Å². The maximum absolute atomic E-state index is 13.0. The quantitative estimate of drug-likeness (QED) is 0.0950. The van der Waals surface area contributed by atoms with E-state index in [0.29, 0.717) is 5.69 Å². The Balaban J connectivity index is 3.08. The van der Waals surface area contributed by atoms with E-state index in [2.05, 4.69) is 20.6 Å². The number of carboxylic acid groups (broad SMARTS) is 3. The Labute approximate surface area is 209 Å². The highest BCUT2D eigenvalue weighted by Crippen LogP contribution is 2.06. The lowest BCUT2D eigenvalue weighted by molar-refractivity contribution is -0.147. The van der Waals surface area contributed by atoms with Gasteiger partial charge in [-0.25, -0.2) is 9.78 Å². The number of H-pyrrole nitrogens is 1. The van der Waals surface area contributed by atoms with Crippen LogP contribution in [0.5, 0.6) is 0 Å². The Hall–Kier alpha value is -4.54. The maximum atomic E-state index is 13.0. The Bertz CT molecular complexity index is 998. The van der Waals surface area contributed by atoms with Gasteiger partial charge in [0, 0.05) is 31.2 Å².